The third-order valence-corrected chi connectivity index (χ3v) is 6.94. The summed E-state index contributed by atoms with van der Waals surface area (Å²) in [6.45, 7) is 8.71. The molecule has 0 aromatic rings. The molecule has 1 aliphatic heterocycles. The SMILES string of the molecule is CCC[CH2][Al]([CH2]CCC)[O]C(C)C1CCCOC1. The summed E-state index contributed by atoms with van der Waals surface area (Å²) >= 11 is -0.953. The summed E-state index contributed by atoms with van der Waals surface area (Å²) in [4.78, 5) is 0. The second kappa shape index (κ2) is 10.3. The zero-order valence-electron chi connectivity index (χ0n) is 12.6. The minimum atomic E-state index is -0.953. The average molecular weight is 270 g/mol. The highest BCUT2D eigenvalue weighted by Crippen LogP contribution is 2.22. The normalized spacial score (nSPS) is 21.8. The summed E-state index contributed by atoms with van der Waals surface area (Å²) < 4.78 is 12.0. The Morgan fingerprint density at radius 3 is 2.39 bits per heavy atom. The van der Waals surface area contributed by atoms with E-state index in [2.05, 4.69) is 20.8 Å². The van der Waals surface area contributed by atoms with E-state index >= 15 is 0 Å². The van der Waals surface area contributed by atoms with Crippen molar-refractivity contribution in [1.29, 1.82) is 0 Å². The Kier molecular flexibility index (Phi) is 9.41. The van der Waals surface area contributed by atoms with Gasteiger partial charge >= 0.3 is 14.5 Å². The highest BCUT2D eigenvalue weighted by molar-refractivity contribution is 6.51. The van der Waals surface area contributed by atoms with Crippen LogP contribution < -0.4 is 0 Å². The Balaban J connectivity index is 2.31. The molecular weight excluding hydrogens is 239 g/mol. The summed E-state index contributed by atoms with van der Waals surface area (Å²) in [5.41, 5.74) is 0. The van der Waals surface area contributed by atoms with Crippen LogP contribution in [0.3, 0.4) is 0 Å². The van der Waals surface area contributed by atoms with Crippen LogP contribution in [0.15, 0.2) is 0 Å². The lowest BCUT2D eigenvalue weighted by Crippen LogP contribution is -2.34. The van der Waals surface area contributed by atoms with Crippen LogP contribution in [0.2, 0.25) is 10.6 Å². The molecule has 2 nitrogen and oxygen atoms in total. The fourth-order valence-electron chi connectivity index (χ4n) is 2.69. The molecule has 0 aromatic heterocycles. The Morgan fingerprint density at radius 2 is 1.89 bits per heavy atom. The summed E-state index contributed by atoms with van der Waals surface area (Å²) in [5, 5.41) is 2.74. The molecule has 1 aliphatic rings. The van der Waals surface area contributed by atoms with Gasteiger partial charge in [0.1, 0.15) is 0 Å². The van der Waals surface area contributed by atoms with E-state index in [1.165, 1.54) is 49.1 Å². The van der Waals surface area contributed by atoms with Crippen LogP contribution in [0.25, 0.3) is 0 Å². The Bertz CT molecular complexity index is 185. The molecule has 2 atom stereocenters. The summed E-state index contributed by atoms with van der Waals surface area (Å²) in [6, 6.07) is 0. The van der Waals surface area contributed by atoms with E-state index in [0.29, 0.717) is 12.0 Å². The van der Waals surface area contributed by atoms with Crippen molar-refractivity contribution in [2.75, 3.05) is 13.2 Å². The second-order valence-corrected chi connectivity index (χ2v) is 8.40. The molecule has 0 aliphatic carbocycles. The maximum atomic E-state index is 6.45. The van der Waals surface area contributed by atoms with Gasteiger partial charge in [-0.05, 0) is 19.8 Å². The predicted octanol–water partition coefficient (Wildman–Crippen LogP) is 4.41. The van der Waals surface area contributed by atoms with E-state index in [9.17, 15) is 0 Å². The lowest BCUT2D eigenvalue weighted by atomic mass is 9.97. The van der Waals surface area contributed by atoms with Gasteiger partial charge in [0.15, 0.2) is 0 Å². The molecule has 18 heavy (non-hydrogen) atoms. The van der Waals surface area contributed by atoms with Gasteiger partial charge in [-0.15, -0.1) is 0 Å². The molecule has 1 fully saturated rings. The molecule has 106 valence electrons. The van der Waals surface area contributed by atoms with Gasteiger partial charge in [0.25, 0.3) is 0 Å². The molecule has 2 unspecified atom stereocenters. The van der Waals surface area contributed by atoms with E-state index in [1.54, 1.807) is 0 Å². The molecular formula is C15H31AlO2. The first-order chi connectivity index (χ1) is 8.77. The van der Waals surface area contributed by atoms with Crippen LogP contribution in [0.4, 0.5) is 0 Å². The molecule has 1 heterocycles. The van der Waals surface area contributed by atoms with Crippen LogP contribution in [-0.2, 0) is 8.53 Å². The average Bonchev–Trinajstić information content (AvgIpc) is 2.42. The van der Waals surface area contributed by atoms with Crippen molar-refractivity contribution >= 4 is 14.5 Å². The fraction of sp³-hybridized carbons (Fsp3) is 1.00. The molecule has 0 bridgehead atoms. The minimum Gasteiger partial charge on any atom is -0.498 e. The van der Waals surface area contributed by atoms with Crippen LogP contribution in [0.5, 0.6) is 0 Å². The van der Waals surface area contributed by atoms with Crippen molar-refractivity contribution in [3.05, 3.63) is 0 Å². The van der Waals surface area contributed by atoms with E-state index < -0.39 is 14.5 Å². The second-order valence-electron chi connectivity index (χ2n) is 5.72. The van der Waals surface area contributed by atoms with Gasteiger partial charge in [0.05, 0.1) is 6.61 Å². The minimum absolute atomic E-state index is 0.427. The van der Waals surface area contributed by atoms with Gasteiger partial charge in [-0.2, -0.15) is 0 Å². The maximum absolute atomic E-state index is 6.45. The lowest BCUT2D eigenvalue weighted by molar-refractivity contribution is 0.00570. The number of rotatable bonds is 9. The first kappa shape index (κ1) is 16.5. The zero-order chi connectivity index (χ0) is 13.2. The largest absolute Gasteiger partial charge is 0.498 e. The molecule has 0 N–H and O–H groups in total. The van der Waals surface area contributed by atoms with Gasteiger partial charge in [-0.25, -0.2) is 0 Å². The van der Waals surface area contributed by atoms with Gasteiger partial charge in [-0.1, -0.05) is 50.1 Å². The molecule has 1 rings (SSSR count). The Labute approximate surface area is 118 Å². The van der Waals surface area contributed by atoms with E-state index in [1.807, 2.05) is 0 Å². The van der Waals surface area contributed by atoms with Gasteiger partial charge in [-0.3, -0.25) is 0 Å². The predicted molar refractivity (Wildman–Crippen MR) is 79.3 cm³/mol. The smallest absolute Gasteiger partial charge is 0.460 e. The van der Waals surface area contributed by atoms with Crippen LogP contribution in [0.1, 0.15) is 59.3 Å². The summed E-state index contributed by atoms with van der Waals surface area (Å²) in [5.74, 6) is 0.650. The summed E-state index contributed by atoms with van der Waals surface area (Å²) in [6.07, 6.45) is 8.26. The number of unbranched alkanes of at least 4 members (excludes halogenated alkanes) is 2. The quantitative estimate of drug-likeness (QED) is 0.578. The topological polar surface area (TPSA) is 18.5 Å². The van der Waals surface area contributed by atoms with Gasteiger partial charge in [0.2, 0.25) is 0 Å². The number of ether oxygens (including phenoxy) is 1. The number of hydrogen-bond acceptors (Lipinski definition) is 2. The highest BCUT2D eigenvalue weighted by Gasteiger charge is 2.27. The van der Waals surface area contributed by atoms with Crippen molar-refractivity contribution in [3.8, 4) is 0 Å². The first-order valence-electron chi connectivity index (χ1n) is 8.01. The fourth-order valence-corrected chi connectivity index (χ4v) is 5.81. The molecule has 1 saturated heterocycles. The van der Waals surface area contributed by atoms with Crippen molar-refractivity contribution in [1.82, 2.24) is 0 Å². The monoisotopic (exact) mass is 270 g/mol. The van der Waals surface area contributed by atoms with Crippen LogP contribution in [0, 0.1) is 5.92 Å². The molecule has 0 amide bonds. The van der Waals surface area contributed by atoms with E-state index in [0.717, 1.165) is 13.2 Å². The van der Waals surface area contributed by atoms with Crippen molar-refractivity contribution in [2.45, 2.75) is 76.0 Å². The molecule has 0 aromatic carbocycles. The number of hydrogen-bond donors (Lipinski definition) is 0. The van der Waals surface area contributed by atoms with Gasteiger partial charge < -0.3 is 8.53 Å². The zero-order valence-corrected chi connectivity index (χ0v) is 13.8. The third-order valence-electron chi connectivity index (χ3n) is 4.03. The molecule has 0 spiro atoms. The lowest BCUT2D eigenvalue weighted by Gasteiger charge is -2.30. The maximum Gasteiger partial charge on any atom is 0.460 e. The van der Waals surface area contributed by atoms with Crippen molar-refractivity contribution in [2.24, 2.45) is 5.92 Å². The Hall–Kier alpha value is 0.452. The standard InChI is InChI=1S/C7H13O2.2C4H9.Al/c1-6(8)7-3-2-4-9-5-7;2*1-3-4-2;/h6-7H,2-5H2,1H3;2*1,3-4H2,2H3;/q-1;;;+1. The Morgan fingerprint density at radius 1 is 1.22 bits per heavy atom. The third kappa shape index (κ3) is 6.57. The van der Waals surface area contributed by atoms with Crippen LogP contribution >= 0.6 is 0 Å². The highest BCUT2D eigenvalue weighted by atomic mass is 27.2. The molecule has 3 heteroatoms. The molecule has 0 saturated carbocycles. The van der Waals surface area contributed by atoms with Crippen molar-refractivity contribution in [3.63, 3.8) is 0 Å². The van der Waals surface area contributed by atoms with Crippen molar-refractivity contribution < 1.29 is 8.53 Å². The van der Waals surface area contributed by atoms with Gasteiger partial charge in [0, 0.05) is 18.6 Å². The van der Waals surface area contributed by atoms with E-state index in [4.69, 9.17) is 8.53 Å². The van der Waals surface area contributed by atoms with Crippen LogP contribution in [-0.4, -0.2) is 33.8 Å². The van der Waals surface area contributed by atoms with E-state index in [-0.39, 0.29) is 0 Å². The molecule has 0 radical (unpaired) electrons. The first-order valence-corrected chi connectivity index (χ1v) is 10.1. The summed E-state index contributed by atoms with van der Waals surface area (Å²) in [7, 11) is 0.